The molecular formula is C12H19NO. The van der Waals surface area contributed by atoms with Gasteiger partial charge in [0.2, 0.25) is 0 Å². The molecule has 0 bridgehead atoms. The highest BCUT2D eigenvalue weighted by atomic mass is 16.3. The molecule has 1 aromatic rings. The zero-order valence-electron chi connectivity index (χ0n) is 9.17. The van der Waals surface area contributed by atoms with E-state index in [1.54, 1.807) is 13.8 Å². The largest absolute Gasteiger partial charge is 0.386 e. The fourth-order valence-electron chi connectivity index (χ4n) is 1.30. The minimum Gasteiger partial charge on any atom is -0.386 e. The van der Waals surface area contributed by atoms with Crippen LogP contribution >= 0.6 is 0 Å². The van der Waals surface area contributed by atoms with Crippen LogP contribution in [-0.2, 0) is 12.1 Å². The van der Waals surface area contributed by atoms with Gasteiger partial charge in [0.25, 0.3) is 0 Å². The summed E-state index contributed by atoms with van der Waals surface area (Å²) in [7, 11) is 0. The first kappa shape index (κ1) is 11.2. The van der Waals surface area contributed by atoms with Gasteiger partial charge in [-0.25, -0.2) is 0 Å². The van der Waals surface area contributed by atoms with Crippen molar-refractivity contribution in [1.82, 2.24) is 5.32 Å². The normalized spacial score (nSPS) is 11.7. The summed E-state index contributed by atoms with van der Waals surface area (Å²) in [5.41, 5.74) is 1.47. The molecule has 78 valence electrons. The van der Waals surface area contributed by atoms with Gasteiger partial charge in [0.15, 0.2) is 0 Å². The van der Waals surface area contributed by atoms with Crippen LogP contribution in [0.3, 0.4) is 0 Å². The second-order valence-corrected chi connectivity index (χ2v) is 4.04. The molecule has 0 aliphatic rings. The minimum absolute atomic E-state index is 0.739. The van der Waals surface area contributed by atoms with E-state index in [9.17, 15) is 5.11 Å². The van der Waals surface area contributed by atoms with Gasteiger partial charge in [-0.1, -0.05) is 31.2 Å². The van der Waals surface area contributed by atoms with Crippen LogP contribution in [0.4, 0.5) is 0 Å². The summed E-state index contributed by atoms with van der Waals surface area (Å²) in [4.78, 5) is 0. The zero-order valence-corrected chi connectivity index (χ0v) is 9.17. The number of benzene rings is 1. The molecule has 2 nitrogen and oxygen atoms in total. The van der Waals surface area contributed by atoms with Crippen molar-refractivity contribution in [3.8, 4) is 0 Å². The molecule has 0 spiro atoms. The molecule has 0 unspecified atom stereocenters. The van der Waals surface area contributed by atoms with Crippen molar-refractivity contribution in [2.75, 3.05) is 6.54 Å². The highest BCUT2D eigenvalue weighted by Crippen LogP contribution is 2.19. The predicted molar refractivity (Wildman–Crippen MR) is 59.1 cm³/mol. The van der Waals surface area contributed by atoms with Crippen molar-refractivity contribution in [2.24, 2.45) is 0 Å². The van der Waals surface area contributed by atoms with E-state index < -0.39 is 5.60 Å². The van der Waals surface area contributed by atoms with Crippen LogP contribution in [0.5, 0.6) is 0 Å². The van der Waals surface area contributed by atoms with E-state index in [1.165, 1.54) is 5.56 Å². The second-order valence-electron chi connectivity index (χ2n) is 4.04. The lowest BCUT2D eigenvalue weighted by Gasteiger charge is -2.17. The average Bonchev–Trinajstić information content (AvgIpc) is 2.14. The van der Waals surface area contributed by atoms with E-state index in [2.05, 4.69) is 24.4 Å². The van der Waals surface area contributed by atoms with Gasteiger partial charge in [-0.3, -0.25) is 0 Å². The Bertz CT molecular complexity index is 271. The van der Waals surface area contributed by atoms with E-state index in [-0.39, 0.29) is 0 Å². The van der Waals surface area contributed by atoms with E-state index in [1.807, 2.05) is 12.1 Å². The molecule has 0 saturated carbocycles. The maximum atomic E-state index is 9.74. The Kier molecular flexibility index (Phi) is 3.67. The van der Waals surface area contributed by atoms with Crippen LogP contribution in [0.1, 0.15) is 31.9 Å². The molecule has 0 heterocycles. The van der Waals surface area contributed by atoms with E-state index in [0.29, 0.717) is 0 Å². The van der Waals surface area contributed by atoms with Crippen LogP contribution in [0, 0.1) is 0 Å². The fourth-order valence-corrected chi connectivity index (χ4v) is 1.30. The number of rotatable bonds is 4. The lowest BCUT2D eigenvalue weighted by atomic mass is 9.97. The Labute approximate surface area is 86.0 Å². The van der Waals surface area contributed by atoms with Crippen molar-refractivity contribution >= 4 is 0 Å². The van der Waals surface area contributed by atoms with Gasteiger partial charge in [-0.05, 0) is 31.5 Å². The molecule has 0 amide bonds. The van der Waals surface area contributed by atoms with Gasteiger partial charge < -0.3 is 10.4 Å². The Balaban J connectivity index is 2.69. The summed E-state index contributed by atoms with van der Waals surface area (Å²) in [5, 5.41) is 13.0. The maximum Gasteiger partial charge on any atom is 0.0840 e. The number of nitrogens with one attached hydrogen (secondary N) is 1. The maximum absolute atomic E-state index is 9.74. The fraction of sp³-hybridized carbons (Fsp3) is 0.500. The van der Waals surface area contributed by atoms with Gasteiger partial charge in [-0.15, -0.1) is 0 Å². The highest BCUT2D eigenvalue weighted by Gasteiger charge is 2.14. The topological polar surface area (TPSA) is 32.3 Å². The lowest BCUT2D eigenvalue weighted by Crippen LogP contribution is -2.16. The van der Waals surface area contributed by atoms with E-state index in [4.69, 9.17) is 0 Å². The minimum atomic E-state index is -0.739. The average molecular weight is 193 g/mol. The molecule has 2 N–H and O–H groups in total. The zero-order chi connectivity index (χ0) is 10.6. The first-order valence-electron chi connectivity index (χ1n) is 5.06. The number of hydrogen-bond donors (Lipinski definition) is 2. The van der Waals surface area contributed by atoms with Crippen molar-refractivity contribution in [1.29, 1.82) is 0 Å². The molecule has 0 saturated heterocycles. The summed E-state index contributed by atoms with van der Waals surface area (Å²) in [6.07, 6.45) is 0. The molecular weight excluding hydrogens is 174 g/mol. The molecule has 0 aliphatic carbocycles. The first-order valence-corrected chi connectivity index (χ1v) is 5.06. The molecule has 1 aromatic carbocycles. The smallest absolute Gasteiger partial charge is 0.0840 e. The van der Waals surface area contributed by atoms with Crippen LogP contribution in [-0.4, -0.2) is 11.7 Å². The molecule has 14 heavy (non-hydrogen) atoms. The highest BCUT2D eigenvalue weighted by molar-refractivity contribution is 5.26. The molecule has 0 radical (unpaired) electrons. The lowest BCUT2D eigenvalue weighted by molar-refractivity contribution is 0.0786. The quantitative estimate of drug-likeness (QED) is 0.766. The SMILES string of the molecule is CCNCc1ccc(C(C)(C)O)cc1. The second kappa shape index (κ2) is 4.58. The predicted octanol–water partition coefficient (Wildman–Crippen LogP) is 2.02. The van der Waals surface area contributed by atoms with Gasteiger partial charge in [-0.2, -0.15) is 0 Å². The van der Waals surface area contributed by atoms with Crippen molar-refractivity contribution in [3.63, 3.8) is 0 Å². The summed E-state index contributed by atoms with van der Waals surface area (Å²) in [5.74, 6) is 0. The van der Waals surface area contributed by atoms with Gasteiger partial charge >= 0.3 is 0 Å². The van der Waals surface area contributed by atoms with Crippen LogP contribution in [0.25, 0.3) is 0 Å². The third-order valence-corrected chi connectivity index (χ3v) is 2.24. The number of aliphatic hydroxyl groups is 1. The Morgan fingerprint density at radius 1 is 1.21 bits per heavy atom. The summed E-state index contributed by atoms with van der Waals surface area (Å²) in [6, 6.07) is 8.06. The molecule has 1 rings (SSSR count). The Hall–Kier alpha value is -0.860. The third-order valence-electron chi connectivity index (χ3n) is 2.24. The van der Waals surface area contributed by atoms with Crippen molar-refractivity contribution < 1.29 is 5.11 Å². The van der Waals surface area contributed by atoms with Crippen LogP contribution in [0.2, 0.25) is 0 Å². The van der Waals surface area contributed by atoms with E-state index in [0.717, 1.165) is 18.7 Å². The monoisotopic (exact) mass is 193 g/mol. The molecule has 0 aromatic heterocycles. The molecule has 0 fully saturated rings. The number of hydrogen-bond acceptors (Lipinski definition) is 2. The summed E-state index contributed by atoms with van der Waals surface area (Å²) < 4.78 is 0. The third kappa shape index (κ3) is 3.13. The standard InChI is InChI=1S/C12H19NO/c1-4-13-9-10-5-7-11(8-6-10)12(2,3)14/h5-8,13-14H,4,9H2,1-3H3. The summed E-state index contributed by atoms with van der Waals surface area (Å²) in [6.45, 7) is 7.56. The van der Waals surface area contributed by atoms with Gasteiger partial charge in [0.05, 0.1) is 5.60 Å². The molecule has 0 aliphatic heterocycles. The summed E-state index contributed by atoms with van der Waals surface area (Å²) >= 11 is 0. The first-order chi connectivity index (χ1) is 6.54. The molecule has 0 atom stereocenters. The van der Waals surface area contributed by atoms with Gasteiger partial charge in [0, 0.05) is 6.54 Å². The van der Waals surface area contributed by atoms with Crippen LogP contribution < -0.4 is 5.32 Å². The van der Waals surface area contributed by atoms with Crippen LogP contribution in [0.15, 0.2) is 24.3 Å². The van der Waals surface area contributed by atoms with Gasteiger partial charge in [0.1, 0.15) is 0 Å². The van der Waals surface area contributed by atoms with Crippen molar-refractivity contribution in [2.45, 2.75) is 32.9 Å². The Morgan fingerprint density at radius 2 is 1.79 bits per heavy atom. The van der Waals surface area contributed by atoms with Crippen molar-refractivity contribution in [3.05, 3.63) is 35.4 Å². The van der Waals surface area contributed by atoms with E-state index >= 15 is 0 Å². The molecule has 2 heteroatoms. The Morgan fingerprint density at radius 3 is 2.21 bits per heavy atom.